The Hall–Kier alpha value is -2.17. The zero-order valence-corrected chi connectivity index (χ0v) is 10.4. The van der Waals surface area contributed by atoms with Crippen LogP contribution in [0, 0.1) is 10.1 Å². The van der Waals surface area contributed by atoms with E-state index < -0.39 is 16.8 Å². The molecule has 0 aliphatic carbocycles. The Bertz CT molecular complexity index is 482. The molecule has 18 heavy (non-hydrogen) atoms. The average Bonchev–Trinajstić information content (AvgIpc) is 2.34. The van der Waals surface area contributed by atoms with Crippen LogP contribution in [0.3, 0.4) is 0 Å². The molecule has 0 amide bonds. The molecular weight excluding hydrogens is 234 g/mol. The van der Waals surface area contributed by atoms with Crippen LogP contribution in [0.15, 0.2) is 36.4 Å². The van der Waals surface area contributed by atoms with Gasteiger partial charge in [-0.15, -0.1) is 6.58 Å². The fraction of sp³-hybridized carbons (Fsp3) is 0.308. The van der Waals surface area contributed by atoms with Crippen LogP contribution in [0.4, 0.5) is 5.69 Å². The van der Waals surface area contributed by atoms with Crippen LogP contribution in [-0.2, 0) is 9.53 Å². The summed E-state index contributed by atoms with van der Waals surface area (Å²) in [4.78, 5) is 22.2. The van der Waals surface area contributed by atoms with E-state index in [1.165, 1.54) is 13.2 Å². The number of carbonyl (C=O) groups is 1. The van der Waals surface area contributed by atoms with Gasteiger partial charge in [-0.3, -0.25) is 14.9 Å². The zero-order chi connectivity index (χ0) is 13.7. The number of ether oxygens (including phenoxy) is 1. The number of carbonyl (C=O) groups excluding carboxylic acids is 1. The van der Waals surface area contributed by atoms with E-state index in [9.17, 15) is 14.9 Å². The summed E-state index contributed by atoms with van der Waals surface area (Å²) in [5.74, 6) is -1.18. The number of benzene rings is 1. The maximum atomic E-state index is 11.7. The van der Waals surface area contributed by atoms with Crippen molar-refractivity contribution in [3.05, 3.63) is 52.1 Å². The molecule has 0 saturated heterocycles. The average molecular weight is 249 g/mol. The van der Waals surface area contributed by atoms with E-state index in [4.69, 9.17) is 4.74 Å². The molecule has 0 radical (unpaired) electrons. The fourth-order valence-electron chi connectivity index (χ4n) is 1.76. The third-order valence-corrected chi connectivity index (χ3v) is 2.55. The van der Waals surface area contributed by atoms with Crippen LogP contribution >= 0.6 is 0 Å². The second-order valence-corrected chi connectivity index (χ2v) is 4.05. The summed E-state index contributed by atoms with van der Waals surface area (Å²) in [5, 5.41) is 11.0. The van der Waals surface area contributed by atoms with Gasteiger partial charge in [0.1, 0.15) is 0 Å². The molecule has 0 bridgehead atoms. The van der Waals surface area contributed by atoms with E-state index >= 15 is 0 Å². The molecule has 5 nitrogen and oxygen atoms in total. The molecule has 5 heteroatoms. The summed E-state index contributed by atoms with van der Waals surface area (Å²) >= 11 is 0. The Labute approximate surface area is 105 Å². The molecule has 0 saturated carbocycles. The normalized spacial score (nSPS) is 11.7. The van der Waals surface area contributed by atoms with Gasteiger partial charge in [-0.2, -0.15) is 0 Å². The third-order valence-electron chi connectivity index (χ3n) is 2.55. The molecular formula is C13H15NO4. The molecule has 0 spiro atoms. The van der Waals surface area contributed by atoms with Gasteiger partial charge >= 0.3 is 5.97 Å². The van der Waals surface area contributed by atoms with Gasteiger partial charge in [0.15, 0.2) is 0 Å². The van der Waals surface area contributed by atoms with Crippen LogP contribution < -0.4 is 0 Å². The van der Waals surface area contributed by atoms with Gasteiger partial charge in [-0.25, -0.2) is 0 Å². The topological polar surface area (TPSA) is 69.4 Å². The van der Waals surface area contributed by atoms with E-state index in [0.29, 0.717) is 12.0 Å². The Kier molecular flexibility index (Phi) is 4.59. The number of rotatable bonds is 5. The van der Waals surface area contributed by atoms with E-state index in [1.807, 2.05) is 0 Å². The van der Waals surface area contributed by atoms with Crippen LogP contribution in [-0.4, -0.2) is 18.0 Å². The highest BCUT2D eigenvalue weighted by molar-refractivity contribution is 5.80. The molecule has 0 unspecified atom stereocenters. The maximum absolute atomic E-state index is 11.7. The van der Waals surface area contributed by atoms with E-state index in [-0.39, 0.29) is 5.69 Å². The van der Waals surface area contributed by atoms with Gasteiger partial charge in [0.2, 0.25) is 0 Å². The molecule has 0 fully saturated rings. The number of hydrogen-bond donors (Lipinski definition) is 0. The van der Waals surface area contributed by atoms with E-state index in [0.717, 1.165) is 5.57 Å². The lowest BCUT2D eigenvalue weighted by Crippen LogP contribution is -2.16. The summed E-state index contributed by atoms with van der Waals surface area (Å²) in [7, 11) is 1.27. The van der Waals surface area contributed by atoms with Gasteiger partial charge < -0.3 is 4.74 Å². The lowest BCUT2D eigenvalue weighted by molar-refractivity contribution is -0.385. The number of para-hydroxylation sites is 1. The van der Waals surface area contributed by atoms with Crippen molar-refractivity contribution < 1.29 is 14.5 Å². The minimum absolute atomic E-state index is 0.0749. The standard InChI is InChI=1S/C13H15NO4/c1-9(2)8-11(13(15)18-3)10-6-4-5-7-12(10)14(16)17/h4-7,11H,1,8H2,2-3H3/t11-/m1/s1. The summed E-state index contributed by atoms with van der Waals surface area (Å²) in [5.41, 5.74) is 1.05. The van der Waals surface area contributed by atoms with Crippen LogP contribution in [0.2, 0.25) is 0 Å². The SMILES string of the molecule is C=C(C)C[C@@H](C(=O)OC)c1ccccc1[N+](=O)[O-]. The molecule has 0 aliphatic heterocycles. The third kappa shape index (κ3) is 3.16. The summed E-state index contributed by atoms with van der Waals surface area (Å²) in [6.45, 7) is 5.50. The Morgan fingerprint density at radius 1 is 1.50 bits per heavy atom. The zero-order valence-electron chi connectivity index (χ0n) is 10.4. The number of allylic oxidation sites excluding steroid dienone is 1. The van der Waals surface area contributed by atoms with Crippen molar-refractivity contribution in [2.24, 2.45) is 0 Å². The van der Waals surface area contributed by atoms with Gasteiger partial charge in [0.25, 0.3) is 5.69 Å². The Morgan fingerprint density at radius 3 is 2.61 bits per heavy atom. The number of nitrogens with zero attached hydrogens (tertiary/aromatic N) is 1. The highest BCUT2D eigenvalue weighted by atomic mass is 16.6. The molecule has 1 aromatic carbocycles. The van der Waals surface area contributed by atoms with Gasteiger partial charge in [0, 0.05) is 11.6 Å². The molecule has 0 aromatic heterocycles. The second-order valence-electron chi connectivity index (χ2n) is 4.05. The van der Waals surface area contributed by atoms with Gasteiger partial charge in [-0.05, 0) is 13.3 Å². The van der Waals surface area contributed by atoms with Crippen molar-refractivity contribution in [1.29, 1.82) is 0 Å². The van der Waals surface area contributed by atoms with Crippen molar-refractivity contribution in [2.75, 3.05) is 7.11 Å². The van der Waals surface area contributed by atoms with Crippen LogP contribution in [0.5, 0.6) is 0 Å². The van der Waals surface area contributed by atoms with Crippen LogP contribution in [0.25, 0.3) is 0 Å². The number of methoxy groups -OCH3 is 1. The van der Waals surface area contributed by atoms with Crippen LogP contribution in [0.1, 0.15) is 24.8 Å². The fourth-order valence-corrected chi connectivity index (χ4v) is 1.76. The minimum Gasteiger partial charge on any atom is -0.469 e. The first-order valence-corrected chi connectivity index (χ1v) is 5.43. The quantitative estimate of drug-likeness (QED) is 0.348. The first-order chi connectivity index (χ1) is 8.47. The number of nitro benzene ring substituents is 1. The number of esters is 1. The summed E-state index contributed by atoms with van der Waals surface area (Å²) in [6.07, 6.45) is 0.331. The molecule has 96 valence electrons. The van der Waals surface area contributed by atoms with Crippen molar-refractivity contribution in [1.82, 2.24) is 0 Å². The smallest absolute Gasteiger partial charge is 0.313 e. The number of hydrogen-bond acceptors (Lipinski definition) is 4. The van der Waals surface area contributed by atoms with E-state index in [1.54, 1.807) is 25.1 Å². The molecule has 0 N–H and O–H groups in total. The van der Waals surface area contributed by atoms with E-state index in [2.05, 4.69) is 6.58 Å². The molecule has 0 heterocycles. The van der Waals surface area contributed by atoms with Crippen molar-refractivity contribution in [3.8, 4) is 0 Å². The Balaban J connectivity index is 3.24. The lowest BCUT2D eigenvalue weighted by Gasteiger charge is -2.14. The van der Waals surface area contributed by atoms with Crippen molar-refractivity contribution >= 4 is 11.7 Å². The molecule has 1 aromatic rings. The predicted octanol–water partition coefficient (Wildman–Crippen LogP) is 2.82. The summed E-state index contributed by atoms with van der Waals surface area (Å²) < 4.78 is 4.70. The highest BCUT2D eigenvalue weighted by Gasteiger charge is 2.28. The molecule has 1 atom stereocenters. The second kappa shape index (κ2) is 5.95. The molecule has 0 aliphatic rings. The monoisotopic (exact) mass is 249 g/mol. The first-order valence-electron chi connectivity index (χ1n) is 5.43. The van der Waals surface area contributed by atoms with Crippen molar-refractivity contribution in [2.45, 2.75) is 19.3 Å². The van der Waals surface area contributed by atoms with Crippen molar-refractivity contribution in [3.63, 3.8) is 0 Å². The minimum atomic E-state index is -0.686. The Morgan fingerprint density at radius 2 is 2.11 bits per heavy atom. The lowest BCUT2D eigenvalue weighted by atomic mass is 9.91. The van der Waals surface area contributed by atoms with Gasteiger partial charge in [-0.1, -0.05) is 23.8 Å². The predicted molar refractivity (Wildman–Crippen MR) is 67.3 cm³/mol. The largest absolute Gasteiger partial charge is 0.469 e. The molecule has 1 rings (SSSR count). The maximum Gasteiger partial charge on any atom is 0.313 e. The highest BCUT2D eigenvalue weighted by Crippen LogP contribution is 2.31. The van der Waals surface area contributed by atoms with Gasteiger partial charge in [0.05, 0.1) is 18.0 Å². The number of nitro groups is 1. The first kappa shape index (κ1) is 13.9. The summed E-state index contributed by atoms with van der Waals surface area (Å²) in [6, 6.07) is 6.18.